The standard InChI is InChI=1S/C23H21ClF4N4O3S.CH2O2/c1-13-19(6-7-21(25)30-13)35-20-12-17(23(26,27)28)18(24)11-16(20)22(33)31-14-4-3-5-15(10-14)36(34)32(2)9-8-29;2-1-3/h3-7,10-12H,8-9,29H2,1-2H3,(H,31,33);1H,(H,2,3). The van der Waals surface area contributed by atoms with E-state index in [1.54, 1.807) is 19.2 Å². The summed E-state index contributed by atoms with van der Waals surface area (Å²) in [6.07, 6.45) is -4.83. The number of aryl methyl sites for hydroxylation is 1. The number of carbonyl (C=O) groups is 2. The number of amides is 1. The lowest BCUT2D eigenvalue weighted by Crippen LogP contribution is -2.31. The summed E-state index contributed by atoms with van der Waals surface area (Å²) in [5.74, 6) is -2.17. The highest BCUT2D eigenvalue weighted by atomic mass is 35.5. The molecule has 0 saturated carbocycles. The Morgan fingerprint density at radius 1 is 1.26 bits per heavy atom. The molecule has 2 aromatic carbocycles. The van der Waals surface area contributed by atoms with E-state index in [4.69, 9.17) is 32.0 Å². The van der Waals surface area contributed by atoms with Gasteiger partial charge in [0.25, 0.3) is 12.4 Å². The molecule has 9 nitrogen and oxygen atoms in total. The van der Waals surface area contributed by atoms with Crippen molar-refractivity contribution in [3.63, 3.8) is 0 Å². The van der Waals surface area contributed by atoms with E-state index in [1.807, 2.05) is 0 Å². The molecule has 0 fully saturated rings. The van der Waals surface area contributed by atoms with E-state index in [0.29, 0.717) is 24.1 Å². The maximum Gasteiger partial charge on any atom is 0.417 e. The van der Waals surface area contributed by atoms with Gasteiger partial charge in [-0.15, -0.1) is 4.31 Å². The summed E-state index contributed by atoms with van der Waals surface area (Å²) in [5.41, 5.74) is 4.24. The van der Waals surface area contributed by atoms with Crippen molar-refractivity contribution in [2.24, 2.45) is 5.73 Å². The third-order valence-electron chi connectivity index (χ3n) is 4.86. The van der Waals surface area contributed by atoms with Gasteiger partial charge in [0, 0.05) is 25.3 Å². The van der Waals surface area contributed by atoms with Crippen molar-refractivity contribution < 1.29 is 41.5 Å². The zero-order chi connectivity index (χ0) is 29.3. The van der Waals surface area contributed by atoms with Crippen LogP contribution in [-0.2, 0) is 22.3 Å². The van der Waals surface area contributed by atoms with Crippen molar-refractivity contribution in [3.05, 3.63) is 76.3 Å². The number of anilines is 1. The van der Waals surface area contributed by atoms with Crippen LogP contribution in [0.5, 0.6) is 11.5 Å². The first-order valence-corrected chi connectivity index (χ1v) is 12.3. The summed E-state index contributed by atoms with van der Waals surface area (Å²) < 4.78 is 73.5. The highest BCUT2D eigenvalue weighted by Crippen LogP contribution is 2.40. The van der Waals surface area contributed by atoms with Gasteiger partial charge in [0.05, 0.1) is 39.8 Å². The molecule has 0 bridgehead atoms. The molecule has 0 aliphatic rings. The lowest BCUT2D eigenvalue weighted by Gasteiger charge is -2.19. The zero-order valence-corrected chi connectivity index (χ0v) is 22.0. The van der Waals surface area contributed by atoms with Crippen LogP contribution in [0.3, 0.4) is 0 Å². The molecule has 39 heavy (non-hydrogen) atoms. The number of alkyl halides is 3. The van der Waals surface area contributed by atoms with Crippen molar-refractivity contribution >= 4 is 41.0 Å². The Labute approximate surface area is 228 Å². The Balaban J connectivity index is 0.00000170. The highest BCUT2D eigenvalue weighted by molar-refractivity contribution is 7.89. The van der Waals surface area contributed by atoms with E-state index in [9.17, 15) is 26.9 Å². The monoisotopic (exact) mass is 590 g/mol. The average Bonchev–Trinajstić information content (AvgIpc) is 2.86. The molecule has 1 amide bonds. The highest BCUT2D eigenvalue weighted by Gasteiger charge is 2.35. The number of pyridine rings is 1. The zero-order valence-electron chi connectivity index (χ0n) is 20.5. The number of ether oxygens (including phenoxy) is 1. The largest absolute Gasteiger partial charge is 0.593 e. The van der Waals surface area contributed by atoms with E-state index < -0.39 is 45.7 Å². The molecule has 0 radical (unpaired) electrons. The Bertz CT molecular complexity index is 1320. The van der Waals surface area contributed by atoms with E-state index >= 15 is 0 Å². The Morgan fingerprint density at radius 3 is 2.51 bits per heavy atom. The molecule has 210 valence electrons. The summed E-state index contributed by atoms with van der Waals surface area (Å²) in [5, 5.41) is 8.72. The summed E-state index contributed by atoms with van der Waals surface area (Å²) in [6, 6.07) is 9.69. The van der Waals surface area contributed by atoms with Crippen LogP contribution in [0.15, 0.2) is 53.4 Å². The van der Waals surface area contributed by atoms with Crippen molar-refractivity contribution in [1.29, 1.82) is 0 Å². The van der Waals surface area contributed by atoms with Gasteiger partial charge in [0.2, 0.25) is 5.95 Å². The number of aromatic nitrogens is 1. The number of halogens is 5. The van der Waals surface area contributed by atoms with Crippen LogP contribution < -0.4 is 15.8 Å². The quantitative estimate of drug-likeness (QED) is 0.146. The fourth-order valence-electron chi connectivity index (χ4n) is 3.10. The average molecular weight is 591 g/mol. The maximum absolute atomic E-state index is 13.5. The van der Waals surface area contributed by atoms with Crippen LogP contribution in [0.1, 0.15) is 21.6 Å². The predicted octanol–water partition coefficient (Wildman–Crippen LogP) is 4.86. The van der Waals surface area contributed by atoms with Crippen LogP contribution in [0.2, 0.25) is 5.02 Å². The van der Waals surface area contributed by atoms with Gasteiger partial charge < -0.3 is 25.4 Å². The van der Waals surface area contributed by atoms with Gasteiger partial charge in [0.1, 0.15) is 11.5 Å². The van der Waals surface area contributed by atoms with Crippen LogP contribution in [0, 0.1) is 12.9 Å². The smallest absolute Gasteiger partial charge is 0.417 e. The minimum atomic E-state index is -4.83. The molecule has 1 unspecified atom stereocenters. The normalized spacial score (nSPS) is 11.8. The number of carboxylic acid groups (broad SMARTS) is 1. The van der Waals surface area contributed by atoms with E-state index in [0.717, 1.165) is 12.1 Å². The second-order valence-corrected chi connectivity index (χ2v) is 9.62. The van der Waals surface area contributed by atoms with E-state index in [2.05, 4.69) is 10.3 Å². The number of carbonyl (C=O) groups excluding carboxylic acids is 1. The number of rotatable bonds is 8. The topological polar surface area (TPSA) is 141 Å². The molecule has 3 rings (SSSR count). The fourth-order valence-corrected chi connectivity index (χ4v) is 4.43. The van der Waals surface area contributed by atoms with Gasteiger partial charge in [-0.25, -0.2) is 4.98 Å². The van der Waals surface area contributed by atoms with Gasteiger partial charge in [-0.05, 0) is 43.3 Å². The molecule has 0 spiro atoms. The lowest BCUT2D eigenvalue weighted by atomic mass is 10.1. The first kappa shape index (κ1) is 31.8. The molecule has 3 aromatic rings. The molecule has 1 heterocycles. The number of benzene rings is 2. The minimum absolute atomic E-state index is 0.0544. The second-order valence-electron chi connectivity index (χ2n) is 7.62. The number of hydrogen-bond donors (Lipinski definition) is 3. The molecule has 15 heteroatoms. The van der Waals surface area contributed by atoms with Crippen LogP contribution in [-0.4, -0.2) is 51.5 Å². The predicted molar refractivity (Wildman–Crippen MR) is 137 cm³/mol. The lowest BCUT2D eigenvalue weighted by molar-refractivity contribution is -0.137. The molecule has 4 N–H and O–H groups in total. The van der Waals surface area contributed by atoms with Gasteiger partial charge in [0.15, 0.2) is 4.90 Å². The first-order valence-electron chi connectivity index (χ1n) is 10.9. The number of likely N-dealkylation sites (N-methyl/N-ethyl adjacent to an activating group) is 1. The molecular weight excluding hydrogens is 568 g/mol. The number of hydrogen-bond acceptors (Lipinski definition) is 7. The van der Waals surface area contributed by atoms with Gasteiger partial charge >= 0.3 is 6.18 Å². The van der Waals surface area contributed by atoms with Crippen LogP contribution >= 0.6 is 11.6 Å². The first-order chi connectivity index (χ1) is 18.3. The Hall–Kier alpha value is -3.43. The van der Waals surface area contributed by atoms with Crippen molar-refractivity contribution in [1.82, 2.24) is 9.29 Å². The maximum atomic E-state index is 13.5. The molecule has 0 aliphatic heterocycles. The third-order valence-corrected chi connectivity index (χ3v) is 6.58. The third kappa shape index (κ3) is 8.80. The molecule has 0 aliphatic carbocycles. The second kappa shape index (κ2) is 14.1. The number of nitrogens with one attached hydrogen (secondary N) is 1. The van der Waals surface area contributed by atoms with Gasteiger partial charge in [-0.2, -0.15) is 17.6 Å². The van der Waals surface area contributed by atoms with Crippen LogP contribution in [0.4, 0.5) is 23.2 Å². The van der Waals surface area contributed by atoms with Gasteiger partial charge in [-0.3, -0.25) is 9.59 Å². The summed E-state index contributed by atoms with van der Waals surface area (Å²) in [6.45, 7) is 1.80. The summed E-state index contributed by atoms with van der Waals surface area (Å²) in [4.78, 5) is 25.4. The van der Waals surface area contributed by atoms with Gasteiger partial charge in [-0.1, -0.05) is 17.7 Å². The van der Waals surface area contributed by atoms with Crippen molar-refractivity contribution in [2.45, 2.75) is 18.0 Å². The summed E-state index contributed by atoms with van der Waals surface area (Å²) in [7, 11) is 1.62. The SMILES string of the molecule is Cc1nc(F)ccc1Oc1cc(C(F)(F)F)c(Cl)cc1C(=O)Nc1cccc([S+]([O-])N(C)CCN)c1.O=CO. The molecule has 1 aromatic heterocycles. The van der Waals surface area contributed by atoms with E-state index in [-0.39, 0.29) is 29.2 Å². The summed E-state index contributed by atoms with van der Waals surface area (Å²) >= 11 is 4.29. The Morgan fingerprint density at radius 2 is 1.92 bits per heavy atom. The molecule has 0 saturated heterocycles. The minimum Gasteiger partial charge on any atom is -0.593 e. The number of nitrogens with two attached hydrogens (primary N) is 1. The number of nitrogens with zero attached hydrogens (tertiary/aromatic N) is 2. The fraction of sp³-hybridized carbons (Fsp3) is 0.208. The van der Waals surface area contributed by atoms with Crippen molar-refractivity contribution in [3.8, 4) is 11.5 Å². The van der Waals surface area contributed by atoms with Crippen molar-refractivity contribution in [2.75, 3.05) is 25.5 Å². The molecule has 1 atom stereocenters. The molecular formula is C24H23ClF4N4O5S. The van der Waals surface area contributed by atoms with E-state index in [1.165, 1.54) is 29.4 Å². The van der Waals surface area contributed by atoms with Crippen LogP contribution in [0.25, 0.3) is 0 Å². The Kier molecular flexibility index (Phi) is 11.5.